The van der Waals surface area contributed by atoms with E-state index in [1.807, 2.05) is 0 Å². The minimum atomic E-state index is -3.06. The molecule has 0 radical (unpaired) electrons. The van der Waals surface area contributed by atoms with E-state index >= 15 is 0 Å². The average Bonchev–Trinajstić information content (AvgIpc) is 2.08. The van der Waals surface area contributed by atoms with Gasteiger partial charge in [0.05, 0.1) is 5.56 Å². The first-order chi connectivity index (χ1) is 6.43. The van der Waals surface area contributed by atoms with Gasteiger partial charge in [0.2, 0.25) is 0 Å². The van der Waals surface area contributed by atoms with E-state index in [-0.39, 0.29) is 5.56 Å². The summed E-state index contributed by atoms with van der Waals surface area (Å²) in [5, 5.41) is 8.92. The van der Waals surface area contributed by atoms with Gasteiger partial charge >= 0.3 is 0 Å². The third-order valence-corrected chi connectivity index (χ3v) is 1.72. The lowest BCUT2D eigenvalue weighted by molar-refractivity contribution is 0.101. The van der Waals surface area contributed by atoms with Crippen molar-refractivity contribution in [1.29, 1.82) is 0 Å². The Balaban J connectivity index is 3.35. The zero-order valence-electron chi connectivity index (χ0n) is 7.22. The molecule has 0 amide bonds. The van der Waals surface area contributed by atoms with E-state index in [2.05, 4.69) is 0 Å². The second kappa shape index (κ2) is 3.69. The number of benzene rings is 1. The molecule has 0 atom stereocenters. The summed E-state index contributed by atoms with van der Waals surface area (Å²) < 4.78 is 37.2. The molecule has 0 aliphatic heterocycles. The van der Waals surface area contributed by atoms with E-state index in [1.165, 1.54) is 0 Å². The predicted octanol–water partition coefficient (Wildman–Crippen LogP) is 2.67. The van der Waals surface area contributed by atoms with E-state index in [1.54, 1.807) is 0 Å². The molecule has 0 unspecified atom stereocenters. The van der Waals surface area contributed by atoms with Crippen molar-refractivity contribution in [2.24, 2.45) is 0 Å². The highest BCUT2D eigenvalue weighted by Gasteiger charge is 2.18. The molecule has 0 saturated heterocycles. The summed E-state index contributed by atoms with van der Waals surface area (Å²) in [5.74, 6) is -2.83. The normalized spacial score (nSPS) is 10.6. The highest BCUT2D eigenvalue weighted by atomic mass is 19.3. The van der Waals surface area contributed by atoms with Crippen LogP contribution in [0.2, 0.25) is 0 Å². The van der Waals surface area contributed by atoms with Crippen LogP contribution in [0.1, 0.15) is 29.3 Å². The van der Waals surface area contributed by atoms with Crippen LogP contribution in [-0.4, -0.2) is 10.9 Å². The molecule has 0 aliphatic rings. The molecule has 0 bridgehead atoms. The van der Waals surface area contributed by atoms with Gasteiger partial charge < -0.3 is 5.11 Å². The van der Waals surface area contributed by atoms with Crippen molar-refractivity contribution in [3.8, 4) is 5.75 Å². The fourth-order valence-electron chi connectivity index (χ4n) is 0.993. The average molecular weight is 204 g/mol. The van der Waals surface area contributed by atoms with Crippen LogP contribution in [0.3, 0.4) is 0 Å². The maximum absolute atomic E-state index is 12.9. The van der Waals surface area contributed by atoms with Crippen LogP contribution in [0.5, 0.6) is 5.75 Å². The number of carbonyl (C=O) groups excluding carboxylic acids is 1. The summed E-state index contributed by atoms with van der Waals surface area (Å²) in [5.41, 5.74) is -1.10. The lowest BCUT2D eigenvalue weighted by Gasteiger charge is -2.05. The maximum atomic E-state index is 12.9. The van der Waals surface area contributed by atoms with Crippen LogP contribution in [0.4, 0.5) is 13.2 Å². The molecule has 14 heavy (non-hydrogen) atoms. The summed E-state index contributed by atoms with van der Waals surface area (Å²) in [6, 6.07) is 1.56. The first kappa shape index (κ1) is 10.6. The van der Waals surface area contributed by atoms with Crippen LogP contribution in [0, 0.1) is 5.82 Å². The van der Waals surface area contributed by atoms with Gasteiger partial charge in [-0.25, -0.2) is 13.2 Å². The highest BCUT2D eigenvalue weighted by molar-refractivity contribution is 5.94. The Morgan fingerprint density at radius 3 is 2.43 bits per heavy atom. The minimum absolute atomic E-state index is 0.140. The molecule has 0 spiro atoms. The SMILES string of the molecule is CC(=O)c1cc(O)c(F)c(C(F)F)c1. The van der Waals surface area contributed by atoms with E-state index in [0.29, 0.717) is 0 Å². The Labute approximate surface area is 78.0 Å². The van der Waals surface area contributed by atoms with Crippen molar-refractivity contribution in [3.63, 3.8) is 0 Å². The number of ketones is 1. The van der Waals surface area contributed by atoms with Crippen LogP contribution < -0.4 is 0 Å². The lowest BCUT2D eigenvalue weighted by Crippen LogP contribution is -1.98. The number of carbonyl (C=O) groups is 1. The standard InChI is InChI=1S/C9H7F3O2/c1-4(13)5-2-6(9(11)12)8(10)7(14)3-5/h2-3,9,14H,1H3. The van der Waals surface area contributed by atoms with Crippen molar-refractivity contribution < 1.29 is 23.1 Å². The molecule has 0 aromatic heterocycles. The summed E-state index contributed by atoms with van der Waals surface area (Å²) in [6.45, 7) is 1.14. The van der Waals surface area contributed by atoms with Crippen LogP contribution in [0.15, 0.2) is 12.1 Å². The fourth-order valence-corrected chi connectivity index (χ4v) is 0.993. The number of phenolic OH excluding ortho intramolecular Hbond substituents is 1. The molecule has 0 heterocycles. The van der Waals surface area contributed by atoms with E-state index < -0.39 is 29.3 Å². The number of rotatable bonds is 2. The molecule has 0 fully saturated rings. The molecular weight excluding hydrogens is 197 g/mol. The van der Waals surface area contributed by atoms with E-state index in [0.717, 1.165) is 19.1 Å². The van der Waals surface area contributed by atoms with E-state index in [4.69, 9.17) is 5.11 Å². The van der Waals surface area contributed by atoms with Crippen molar-refractivity contribution in [2.75, 3.05) is 0 Å². The van der Waals surface area contributed by atoms with Crippen LogP contribution in [-0.2, 0) is 0 Å². The van der Waals surface area contributed by atoms with E-state index in [9.17, 15) is 18.0 Å². The van der Waals surface area contributed by atoms with Crippen LogP contribution in [0.25, 0.3) is 0 Å². The largest absolute Gasteiger partial charge is 0.505 e. The molecule has 1 aromatic carbocycles. The second-order valence-electron chi connectivity index (χ2n) is 2.76. The van der Waals surface area contributed by atoms with Crippen LogP contribution >= 0.6 is 0 Å². The maximum Gasteiger partial charge on any atom is 0.266 e. The van der Waals surface area contributed by atoms with Gasteiger partial charge in [-0.2, -0.15) is 0 Å². The number of hydrogen-bond acceptors (Lipinski definition) is 2. The van der Waals surface area contributed by atoms with Gasteiger partial charge in [-0.15, -0.1) is 0 Å². The number of hydrogen-bond donors (Lipinski definition) is 1. The molecule has 0 saturated carbocycles. The van der Waals surface area contributed by atoms with Gasteiger partial charge in [0.15, 0.2) is 17.3 Å². The minimum Gasteiger partial charge on any atom is -0.505 e. The number of alkyl halides is 2. The first-order valence-electron chi connectivity index (χ1n) is 3.75. The molecule has 2 nitrogen and oxygen atoms in total. The topological polar surface area (TPSA) is 37.3 Å². The van der Waals surface area contributed by atoms with Gasteiger partial charge in [0, 0.05) is 5.56 Å². The van der Waals surface area contributed by atoms with Gasteiger partial charge in [-0.3, -0.25) is 4.79 Å². The Hall–Kier alpha value is -1.52. The predicted molar refractivity (Wildman–Crippen MR) is 43.0 cm³/mol. The summed E-state index contributed by atoms with van der Waals surface area (Å²) in [4.78, 5) is 10.8. The molecule has 76 valence electrons. The Morgan fingerprint density at radius 1 is 1.43 bits per heavy atom. The van der Waals surface area contributed by atoms with Crippen molar-refractivity contribution in [1.82, 2.24) is 0 Å². The molecule has 1 N–H and O–H groups in total. The Bertz CT molecular complexity index is 375. The van der Waals surface area contributed by atoms with Crippen molar-refractivity contribution >= 4 is 5.78 Å². The summed E-state index contributed by atoms with van der Waals surface area (Å²) in [6.07, 6.45) is -3.06. The number of phenols is 1. The molecule has 0 aliphatic carbocycles. The molecule has 1 aromatic rings. The quantitative estimate of drug-likeness (QED) is 0.752. The zero-order valence-corrected chi connectivity index (χ0v) is 7.22. The monoisotopic (exact) mass is 204 g/mol. The molecule has 5 heteroatoms. The summed E-state index contributed by atoms with van der Waals surface area (Å²) in [7, 11) is 0. The van der Waals surface area contributed by atoms with Crippen molar-refractivity contribution in [3.05, 3.63) is 29.1 Å². The molecule has 1 rings (SSSR count). The second-order valence-corrected chi connectivity index (χ2v) is 2.76. The Kier molecular flexibility index (Phi) is 2.78. The van der Waals surface area contributed by atoms with Crippen molar-refractivity contribution in [2.45, 2.75) is 13.3 Å². The zero-order chi connectivity index (χ0) is 10.9. The highest BCUT2D eigenvalue weighted by Crippen LogP contribution is 2.29. The lowest BCUT2D eigenvalue weighted by atomic mass is 10.1. The third-order valence-electron chi connectivity index (χ3n) is 1.72. The number of Topliss-reactive ketones (excluding diaryl/α,β-unsaturated/α-hetero) is 1. The first-order valence-corrected chi connectivity index (χ1v) is 3.75. The summed E-state index contributed by atoms with van der Waals surface area (Å²) >= 11 is 0. The smallest absolute Gasteiger partial charge is 0.266 e. The Morgan fingerprint density at radius 2 is 2.00 bits per heavy atom. The number of halogens is 3. The van der Waals surface area contributed by atoms with Gasteiger partial charge in [0.1, 0.15) is 0 Å². The van der Waals surface area contributed by atoms with Gasteiger partial charge in [-0.05, 0) is 19.1 Å². The van der Waals surface area contributed by atoms with Gasteiger partial charge in [-0.1, -0.05) is 0 Å². The fraction of sp³-hybridized carbons (Fsp3) is 0.222. The molecular formula is C9H7F3O2. The number of aromatic hydroxyl groups is 1. The van der Waals surface area contributed by atoms with Gasteiger partial charge in [0.25, 0.3) is 6.43 Å². The third kappa shape index (κ3) is 1.86.